The zero-order chi connectivity index (χ0) is 13.9. The van der Waals surface area contributed by atoms with Gasteiger partial charge < -0.3 is 10.2 Å². The molecule has 20 heavy (non-hydrogen) atoms. The molecule has 2 nitrogen and oxygen atoms in total. The van der Waals surface area contributed by atoms with E-state index in [0.717, 1.165) is 29.8 Å². The van der Waals surface area contributed by atoms with Crippen LogP contribution in [0.3, 0.4) is 0 Å². The quantitative estimate of drug-likeness (QED) is 0.791. The van der Waals surface area contributed by atoms with Gasteiger partial charge in [-0.3, -0.25) is 0 Å². The van der Waals surface area contributed by atoms with Crippen LogP contribution in [0.4, 0.5) is 0 Å². The summed E-state index contributed by atoms with van der Waals surface area (Å²) in [5.74, 6) is 2.71. The fraction of sp³-hybridized carbons (Fsp3) is 0.889. The van der Waals surface area contributed by atoms with Gasteiger partial charge in [-0.1, -0.05) is 18.6 Å². The molecule has 0 radical (unpaired) electrons. The van der Waals surface area contributed by atoms with Crippen LogP contribution in [-0.2, 0) is 0 Å². The molecule has 1 saturated carbocycles. The topological polar surface area (TPSA) is 15.3 Å². The van der Waals surface area contributed by atoms with Crippen molar-refractivity contribution in [3.63, 3.8) is 0 Å². The molecule has 0 spiro atoms. The smallest absolute Gasteiger partial charge is 0.0148 e. The molecule has 2 aliphatic carbocycles. The zero-order valence-electron chi connectivity index (χ0n) is 13.4. The molecule has 0 amide bonds. The highest BCUT2D eigenvalue weighted by atomic mass is 15.2. The molecule has 0 aromatic rings. The highest BCUT2D eigenvalue weighted by molar-refractivity contribution is 4.97. The number of rotatable bonds is 4. The predicted molar refractivity (Wildman–Crippen MR) is 85.8 cm³/mol. The molecule has 3 aliphatic rings. The number of hydrogen-bond donors (Lipinski definition) is 1. The summed E-state index contributed by atoms with van der Waals surface area (Å²) in [4.78, 5) is 2.72. The minimum absolute atomic E-state index is 0.725. The maximum absolute atomic E-state index is 3.99. The largest absolute Gasteiger partial charge is 0.313 e. The van der Waals surface area contributed by atoms with Crippen LogP contribution in [0.5, 0.6) is 0 Å². The average molecular weight is 276 g/mol. The summed E-state index contributed by atoms with van der Waals surface area (Å²) in [6.45, 7) is 8.63. The van der Waals surface area contributed by atoms with E-state index in [1.54, 1.807) is 0 Å². The van der Waals surface area contributed by atoms with Crippen molar-refractivity contribution in [2.45, 2.75) is 64.5 Å². The third-order valence-electron chi connectivity index (χ3n) is 5.85. The molecular formula is C18H32N2. The molecule has 2 fully saturated rings. The Morgan fingerprint density at radius 3 is 2.45 bits per heavy atom. The van der Waals surface area contributed by atoms with E-state index in [-0.39, 0.29) is 0 Å². The van der Waals surface area contributed by atoms with Gasteiger partial charge in [-0.15, -0.1) is 0 Å². The van der Waals surface area contributed by atoms with Gasteiger partial charge in [0.05, 0.1) is 0 Å². The standard InChI is InChI=1S/C18H32N2/c1-14(2)20-12-16-9-6-10-17(13-20)18(16)19-11-15-7-4-3-5-8-15/h3-4,14-19H,5-13H2,1-2H3. The first-order valence-electron chi connectivity index (χ1n) is 8.86. The summed E-state index contributed by atoms with van der Waals surface area (Å²) in [6.07, 6.45) is 13.1. The summed E-state index contributed by atoms with van der Waals surface area (Å²) in [5.41, 5.74) is 0. The van der Waals surface area contributed by atoms with Gasteiger partial charge in [0.25, 0.3) is 0 Å². The summed E-state index contributed by atoms with van der Waals surface area (Å²) in [7, 11) is 0. The maximum atomic E-state index is 3.99. The Balaban J connectivity index is 1.55. The molecule has 1 aliphatic heterocycles. The molecule has 3 unspecified atom stereocenters. The fourth-order valence-electron chi connectivity index (χ4n) is 4.57. The van der Waals surface area contributed by atoms with E-state index in [4.69, 9.17) is 0 Å². The first-order valence-corrected chi connectivity index (χ1v) is 8.86. The van der Waals surface area contributed by atoms with Crippen molar-refractivity contribution in [2.75, 3.05) is 19.6 Å². The minimum atomic E-state index is 0.725. The van der Waals surface area contributed by atoms with Crippen LogP contribution < -0.4 is 5.32 Å². The minimum Gasteiger partial charge on any atom is -0.313 e. The Morgan fingerprint density at radius 2 is 1.85 bits per heavy atom. The van der Waals surface area contributed by atoms with Crippen molar-refractivity contribution in [3.8, 4) is 0 Å². The highest BCUT2D eigenvalue weighted by Crippen LogP contribution is 2.36. The summed E-state index contributed by atoms with van der Waals surface area (Å²) >= 11 is 0. The molecule has 3 rings (SSSR count). The molecular weight excluding hydrogens is 244 g/mol. The lowest BCUT2D eigenvalue weighted by atomic mass is 9.73. The van der Waals surface area contributed by atoms with Gasteiger partial charge in [0.1, 0.15) is 0 Å². The molecule has 0 aromatic carbocycles. The summed E-state index contributed by atoms with van der Waals surface area (Å²) < 4.78 is 0. The second kappa shape index (κ2) is 6.62. The van der Waals surface area contributed by atoms with E-state index < -0.39 is 0 Å². The normalized spacial score (nSPS) is 38.4. The maximum Gasteiger partial charge on any atom is 0.0148 e. The van der Waals surface area contributed by atoms with Crippen LogP contribution in [0.1, 0.15) is 52.4 Å². The lowest BCUT2D eigenvalue weighted by Gasteiger charge is -2.49. The Hall–Kier alpha value is -0.340. The van der Waals surface area contributed by atoms with E-state index in [9.17, 15) is 0 Å². The van der Waals surface area contributed by atoms with Crippen LogP contribution >= 0.6 is 0 Å². The van der Waals surface area contributed by atoms with Gasteiger partial charge >= 0.3 is 0 Å². The van der Waals surface area contributed by atoms with Crippen LogP contribution in [0, 0.1) is 17.8 Å². The van der Waals surface area contributed by atoms with Crippen molar-refractivity contribution < 1.29 is 0 Å². The lowest BCUT2D eigenvalue weighted by Crippen LogP contribution is -2.58. The van der Waals surface area contributed by atoms with Crippen LogP contribution in [0.15, 0.2) is 12.2 Å². The lowest BCUT2D eigenvalue weighted by molar-refractivity contribution is 0.0280. The van der Waals surface area contributed by atoms with E-state index in [2.05, 4.69) is 36.2 Å². The number of hydrogen-bond acceptors (Lipinski definition) is 2. The SMILES string of the molecule is CC(C)N1CC2CCCC(C1)C2NCC1CC=CCC1. The Labute approximate surface area is 125 Å². The number of nitrogens with zero attached hydrogens (tertiary/aromatic N) is 1. The van der Waals surface area contributed by atoms with Gasteiger partial charge in [0.15, 0.2) is 0 Å². The fourth-order valence-corrected chi connectivity index (χ4v) is 4.57. The van der Waals surface area contributed by atoms with Crippen molar-refractivity contribution in [1.29, 1.82) is 0 Å². The van der Waals surface area contributed by atoms with E-state index in [0.29, 0.717) is 0 Å². The predicted octanol–water partition coefficient (Wildman–Crippen LogP) is 3.44. The molecule has 1 heterocycles. The van der Waals surface area contributed by atoms with Gasteiger partial charge in [-0.25, -0.2) is 0 Å². The monoisotopic (exact) mass is 276 g/mol. The molecule has 1 saturated heterocycles. The molecule has 2 bridgehead atoms. The number of likely N-dealkylation sites (tertiary alicyclic amines) is 1. The van der Waals surface area contributed by atoms with Gasteiger partial charge in [-0.05, 0) is 70.3 Å². The average Bonchev–Trinajstić information content (AvgIpc) is 2.45. The van der Waals surface area contributed by atoms with Gasteiger partial charge in [-0.2, -0.15) is 0 Å². The van der Waals surface area contributed by atoms with Crippen LogP contribution in [0.25, 0.3) is 0 Å². The number of allylic oxidation sites excluding steroid dienone is 2. The van der Waals surface area contributed by atoms with Gasteiger partial charge in [0, 0.05) is 25.2 Å². The Bertz CT molecular complexity index is 322. The number of nitrogens with one attached hydrogen (secondary N) is 1. The molecule has 1 N–H and O–H groups in total. The molecule has 3 atom stereocenters. The van der Waals surface area contributed by atoms with Crippen LogP contribution in [0.2, 0.25) is 0 Å². The number of fused-ring (bicyclic) bond motifs is 2. The second-order valence-electron chi connectivity index (χ2n) is 7.58. The van der Waals surface area contributed by atoms with Crippen molar-refractivity contribution >= 4 is 0 Å². The Kier molecular flexibility index (Phi) is 4.83. The molecule has 2 heteroatoms. The van der Waals surface area contributed by atoms with Crippen LogP contribution in [-0.4, -0.2) is 36.6 Å². The summed E-state index contributed by atoms with van der Waals surface area (Å²) in [5, 5.41) is 3.99. The Morgan fingerprint density at radius 1 is 1.10 bits per heavy atom. The molecule has 114 valence electrons. The first kappa shape index (κ1) is 14.6. The molecule has 0 aromatic heterocycles. The van der Waals surface area contributed by atoms with Crippen molar-refractivity contribution in [1.82, 2.24) is 10.2 Å². The van der Waals surface area contributed by atoms with E-state index in [1.165, 1.54) is 58.2 Å². The third kappa shape index (κ3) is 3.28. The summed E-state index contributed by atoms with van der Waals surface area (Å²) in [6, 6.07) is 1.53. The van der Waals surface area contributed by atoms with Crippen molar-refractivity contribution in [2.24, 2.45) is 17.8 Å². The van der Waals surface area contributed by atoms with Gasteiger partial charge in [0.2, 0.25) is 0 Å². The first-order chi connectivity index (χ1) is 9.74. The third-order valence-corrected chi connectivity index (χ3v) is 5.85. The number of piperidine rings is 1. The highest BCUT2D eigenvalue weighted by Gasteiger charge is 2.39. The van der Waals surface area contributed by atoms with E-state index >= 15 is 0 Å². The zero-order valence-corrected chi connectivity index (χ0v) is 13.4. The second-order valence-corrected chi connectivity index (χ2v) is 7.58. The van der Waals surface area contributed by atoms with E-state index in [1.807, 2.05) is 0 Å². The van der Waals surface area contributed by atoms with Crippen molar-refractivity contribution in [3.05, 3.63) is 12.2 Å².